The minimum absolute atomic E-state index is 0.160. The molecule has 1 N–H and O–H groups in total. The van der Waals surface area contributed by atoms with Crippen LogP contribution in [0.5, 0.6) is 11.5 Å². The fourth-order valence-electron chi connectivity index (χ4n) is 2.44. The minimum Gasteiger partial charge on any atom is -0.491 e. The third kappa shape index (κ3) is 5.98. The molecule has 0 aliphatic rings. The molecule has 25 heavy (non-hydrogen) atoms. The number of hydrogen-bond acceptors (Lipinski definition) is 3. The maximum atomic E-state index is 12.3. The van der Waals surface area contributed by atoms with Crippen LogP contribution in [0, 0.1) is 13.8 Å². The highest BCUT2D eigenvalue weighted by molar-refractivity contribution is 6.30. The summed E-state index contributed by atoms with van der Waals surface area (Å²) in [6, 6.07) is 13.1. The number of ether oxygens (including phenoxy) is 2. The Labute approximate surface area is 154 Å². The third-order valence-electron chi connectivity index (χ3n) is 3.73. The Kier molecular flexibility index (Phi) is 7.14. The van der Waals surface area contributed by atoms with Gasteiger partial charge in [0.25, 0.3) is 5.91 Å². The molecule has 0 saturated carbocycles. The van der Waals surface area contributed by atoms with Gasteiger partial charge in [-0.1, -0.05) is 42.3 Å². The fraction of sp³-hybridized carbons (Fsp3) is 0.350. The molecule has 0 heterocycles. The summed E-state index contributed by atoms with van der Waals surface area (Å²) in [5.74, 6) is 1.26. The van der Waals surface area contributed by atoms with Crippen LogP contribution in [0.1, 0.15) is 24.5 Å². The van der Waals surface area contributed by atoms with E-state index in [0.717, 1.165) is 11.3 Å². The lowest BCUT2D eigenvalue weighted by atomic mass is 10.1. The Morgan fingerprint density at radius 2 is 2.00 bits per heavy atom. The van der Waals surface area contributed by atoms with Crippen molar-refractivity contribution >= 4 is 17.5 Å². The van der Waals surface area contributed by atoms with Crippen molar-refractivity contribution in [3.8, 4) is 11.5 Å². The van der Waals surface area contributed by atoms with Crippen LogP contribution >= 0.6 is 11.6 Å². The number of amides is 1. The normalized spacial score (nSPS) is 11.7. The van der Waals surface area contributed by atoms with Gasteiger partial charge in [0.2, 0.25) is 0 Å². The standard InChI is InChI=1S/C20H24ClNO3/c1-4-18(25-17-7-5-6-16(21)13-17)20(23)22-10-11-24-19-9-8-14(2)12-15(19)3/h5-9,12-13,18H,4,10-11H2,1-3H3,(H,22,23). The summed E-state index contributed by atoms with van der Waals surface area (Å²) in [6.07, 6.45) is 0.00980. The van der Waals surface area contributed by atoms with E-state index in [1.54, 1.807) is 24.3 Å². The van der Waals surface area contributed by atoms with Crippen LogP contribution in [0.4, 0.5) is 0 Å². The number of halogens is 1. The molecule has 1 atom stereocenters. The van der Waals surface area contributed by atoms with Gasteiger partial charge in [0.05, 0.1) is 6.54 Å². The molecule has 0 bridgehead atoms. The van der Waals surface area contributed by atoms with Gasteiger partial charge in [-0.15, -0.1) is 0 Å². The molecule has 0 aliphatic carbocycles. The highest BCUT2D eigenvalue weighted by atomic mass is 35.5. The smallest absolute Gasteiger partial charge is 0.261 e. The van der Waals surface area contributed by atoms with Crippen molar-refractivity contribution in [1.82, 2.24) is 5.32 Å². The summed E-state index contributed by atoms with van der Waals surface area (Å²) in [7, 11) is 0. The lowest BCUT2D eigenvalue weighted by Gasteiger charge is -2.17. The van der Waals surface area contributed by atoms with Crippen LogP contribution in [0.2, 0.25) is 5.02 Å². The van der Waals surface area contributed by atoms with Gasteiger partial charge in [-0.2, -0.15) is 0 Å². The number of hydrogen-bond donors (Lipinski definition) is 1. The number of carbonyl (C=O) groups excluding carboxylic acids is 1. The second-order valence-corrected chi connectivity index (χ2v) is 6.32. The fourth-order valence-corrected chi connectivity index (χ4v) is 2.62. The molecule has 0 fully saturated rings. The highest BCUT2D eigenvalue weighted by Gasteiger charge is 2.18. The van der Waals surface area contributed by atoms with Crippen LogP contribution < -0.4 is 14.8 Å². The van der Waals surface area contributed by atoms with Crippen molar-refractivity contribution in [3.05, 3.63) is 58.6 Å². The zero-order valence-electron chi connectivity index (χ0n) is 14.8. The topological polar surface area (TPSA) is 47.6 Å². The summed E-state index contributed by atoms with van der Waals surface area (Å²) in [5, 5.41) is 3.43. The van der Waals surface area contributed by atoms with Crippen LogP contribution in [-0.4, -0.2) is 25.2 Å². The maximum Gasteiger partial charge on any atom is 0.261 e. The monoisotopic (exact) mass is 361 g/mol. The summed E-state index contributed by atoms with van der Waals surface area (Å²) < 4.78 is 11.4. The summed E-state index contributed by atoms with van der Waals surface area (Å²) in [5.41, 5.74) is 2.28. The Bertz CT molecular complexity index is 718. The average molecular weight is 362 g/mol. The first-order chi connectivity index (χ1) is 12.0. The molecule has 2 aromatic carbocycles. The molecule has 1 unspecified atom stereocenters. The van der Waals surface area contributed by atoms with E-state index in [1.165, 1.54) is 5.56 Å². The van der Waals surface area contributed by atoms with E-state index >= 15 is 0 Å². The van der Waals surface area contributed by atoms with Gasteiger partial charge >= 0.3 is 0 Å². The third-order valence-corrected chi connectivity index (χ3v) is 3.96. The minimum atomic E-state index is -0.556. The molecule has 0 radical (unpaired) electrons. The first kappa shape index (κ1) is 19.1. The van der Waals surface area contributed by atoms with Gasteiger partial charge in [0.15, 0.2) is 6.10 Å². The number of nitrogens with one attached hydrogen (secondary N) is 1. The molecule has 4 nitrogen and oxygen atoms in total. The lowest BCUT2D eigenvalue weighted by molar-refractivity contribution is -0.128. The largest absolute Gasteiger partial charge is 0.491 e. The van der Waals surface area contributed by atoms with Crippen molar-refractivity contribution in [2.45, 2.75) is 33.3 Å². The molecule has 0 aliphatic heterocycles. The van der Waals surface area contributed by atoms with Gasteiger partial charge in [-0.25, -0.2) is 0 Å². The van der Waals surface area contributed by atoms with E-state index < -0.39 is 6.10 Å². The first-order valence-corrected chi connectivity index (χ1v) is 8.77. The SMILES string of the molecule is CCC(Oc1cccc(Cl)c1)C(=O)NCCOc1ccc(C)cc1C. The van der Waals surface area contributed by atoms with Crippen molar-refractivity contribution in [2.24, 2.45) is 0 Å². The molecule has 1 amide bonds. The summed E-state index contributed by atoms with van der Waals surface area (Å²) in [4.78, 5) is 12.3. The predicted octanol–water partition coefficient (Wildman–Crippen LogP) is 4.31. The molecule has 0 saturated heterocycles. The van der Waals surface area contributed by atoms with Crippen LogP contribution in [0.15, 0.2) is 42.5 Å². The molecule has 0 spiro atoms. The Hall–Kier alpha value is -2.20. The molecule has 2 aromatic rings. The zero-order chi connectivity index (χ0) is 18.2. The Balaban J connectivity index is 1.79. The van der Waals surface area contributed by atoms with Gasteiger partial charge in [0.1, 0.15) is 18.1 Å². The average Bonchev–Trinajstić information content (AvgIpc) is 2.58. The van der Waals surface area contributed by atoms with E-state index in [4.69, 9.17) is 21.1 Å². The van der Waals surface area contributed by atoms with Crippen molar-refractivity contribution < 1.29 is 14.3 Å². The van der Waals surface area contributed by atoms with Crippen molar-refractivity contribution in [2.75, 3.05) is 13.2 Å². The second kappa shape index (κ2) is 9.33. The van der Waals surface area contributed by atoms with Gasteiger partial charge in [0, 0.05) is 5.02 Å². The summed E-state index contributed by atoms with van der Waals surface area (Å²) >= 11 is 5.94. The second-order valence-electron chi connectivity index (χ2n) is 5.88. The number of aryl methyl sites for hydroxylation is 2. The molecular weight excluding hydrogens is 338 g/mol. The summed E-state index contributed by atoms with van der Waals surface area (Å²) in [6.45, 7) is 6.78. The van der Waals surface area contributed by atoms with Crippen LogP contribution in [-0.2, 0) is 4.79 Å². The van der Waals surface area contributed by atoms with Crippen molar-refractivity contribution in [3.63, 3.8) is 0 Å². The van der Waals surface area contributed by atoms with Crippen molar-refractivity contribution in [1.29, 1.82) is 0 Å². The molecule has 134 valence electrons. The van der Waals surface area contributed by atoms with E-state index in [9.17, 15) is 4.79 Å². The van der Waals surface area contributed by atoms with Gasteiger partial charge in [-0.3, -0.25) is 4.79 Å². The molecular formula is C20H24ClNO3. The molecule has 0 aromatic heterocycles. The van der Waals surface area contributed by atoms with Gasteiger partial charge in [-0.05, 0) is 50.1 Å². The van der Waals surface area contributed by atoms with E-state index in [0.29, 0.717) is 30.3 Å². The Morgan fingerprint density at radius 3 is 2.68 bits per heavy atom. The van der Waals surface area contributed by atoms with Crippen LogP contribution in [0.3, 0.4) is 0 Å². The predicted molar refractivity (Wildman–Crippen MR) is 101 cm³/mol. The molecule has 2 rings (SSSR count). The maximum absolute atomic E-state index is 12.3. The number of benzene rings is 2. The number of carbonyl (C=O) groups is 1. The first-order valence-electron chi connectivity index (χ1n) is 8.39. The van der Waals surface area contributed by atoms with E-state index in [-0.39, 0.29) is 5.91 Å². The highest BCUT2D eigenvalue weighted by Crippen LogP contribution is 2.20. The Morgan fingerprint density at radius 1 is 1.20 bits per heavy atom. The molecule has 5 heteroatoms. The van der Waals surface area contributed by atoms with Gasteiger partial charge < -0.3 is 14.8 Å². The van der Waals surface area contributed by atoms with Crippen LogP contribution in [0.25, 0.3) is 0 Å². The number of rotatable bonds is 8. The van der Waals surface area contributed by atoms with E-state index in [1.807, 2.05) is 32.9 Å². The quantitative estimate of drug-likeness (QED) is 0.713. The van der Waals surface area contributed by atoms with E-state index in [2.05, 4.69) is 11.4 Å². The zero-order valence-corrected chi connectivity index (χ0v) is 15.6. The lowest BCUT2D eigenvalue weighted by Crippen LogP contribution is -2.39.